The Hall–Kier alpha value is -2.30. The highest BCUT2D eigenvalue weighted by molar-refractivity contribution is 6.05. The lowest BCUT2D eigenvalue weighted by atomic mass is 9.97. The summed E-state index contributed by atoms with van der Waals surface area (Å²) in [6, 6.07) is 7.73. The van der Waals surface area contributed by atoms with Crippen LogP contribution in [0.5, 0.6) is 0 Å². The maximum absolute atomic E-state index is 11.3. The number of hydrogen-bond acceptors (Lipinski definition) is 3. The topological polar surface area (TPSA) is 64.9 Å². The van der Waals surface area contributed by atoms with Gasteiger partial charge in [-0.1, -0.05) is 24.3 Å². The van der Waals surface area contributed by atoms with Crippen molar-refractivity contribution in [3.63, 3.8) is 0 Å². The molecule has 20 heavy (non-hydrogen) atoms. The first-order valence-corrected chi connectivity index (χ1v) is 6.86. The lowest BCUT2D eigenvalue weighted by Gasteiger charge is -2.33. The average Bonchev–Trinajstić information content (AvgIpc) is 2.70. The van der Waals surface area contributed by atoms with Crippen LogP contribution in [0.2, 0.25) is 0 Å². The molecule has 0 saturated carbocycles. The number of para-hydroxylation sites is 1. The van der Waals surface area contributed by atoms with Crippen LogP contribution in [0.3, 0.4) is 0 Å². The Morgan fingerprint density at radius 2 is 2.15 bits per heavy atom. The van der Waals surface area contributed by atoms with E-state index in [1.807, 2.05) is 36.4 Å². The van der Waals surface area contributed by atoms with Gasteiger partial charge in [0, 0.05) is 6.54 Å². The summed E-state index contributed by atoms with van der Waals surface area (Å²) in [6.07, 6.45) is 5.83. The molecular formula is C15H17N3O2. The van der Waals surface area contributed by atoms with Crippen LogP contribution < -0.4 is 5.43 Å². The summed E-state index contributed by atoms with van der Waals surface area (Å²) in [5.74, 6) is 0. The lowest BCUT2D eigenvalue weighted by molar-refractivity contribution is 0.124. The maximum atomic E-state index is 11.3. The highest BCUT2D eigenvalue weighted by atomic mass is 16.4. The van der Waals surface area contributed by atoms with Crippen LogP contribution in [0.1, 0.15) is 24.8 Å². The molecule has 0 radical (unpaired) electrons. The van der Waals surface area contributed by atoms with Crippen LogP contribution in [0.4, 0.5) is 10.5 Å². The molecule has 5 heteroatoms. The van der Waals surface area contributed by atoms with Crippen molar-refractivity contribution >= 4 is 23.6 Å². The van der Waals surface area contributed by atoms with E-state index in [1.165, 1.54) is 4.90 Å². The smallest absolute Gasteiger partial charge is 0.407 e. The van der Waals surface area contributed by atoms with E-state index >= 15 is 0 Å². The fourth-order valence-electron chi connectivity index (χ4n) is 2.73. The molecule has 0 aliphatic carbocycles. The van der Waals surface area contributed by atoms with Crippen LogP contribution in [-0.2, 0) is 0 Å². The zero-order chi connectivity index (χ0) is 13.9. The molecule has 0 bridgehead atoms. The van der Waals surface area contributed by atoms with Gasteiger partial charge in [0.05, 0.1) is 17.4 Å². The number of hydrogen-bond donors (Lipinski definition) is 2. The van der Waals surface area contributed by atoms with E-state index in [0.29, 0.717) is 6.54 Å². The van der Waals surface area contributed by atoms with Crippen LogP contribution >= 0.6 is 0 Å². The van der Waals surface area contributed by atoms with Crippen molar-refractivity contribution in [1.82, 2.24) is 4.90 Å². The molecular weight excluding hydrogens is 254 g/mol. The molecule has 0 aromatic heterocycles. The minimum atomic E-state index is -0.868. The zero-order valence-electron chi connectivity index (χ0n) is 11.1. The largest absolute Gasteiger partial charge is 0.465 e. The van der Waals surface area contributed by atoms with Gasteiger partial charge in [-0.25, -0.2) is 4.79 Å². The van der Waals surface area contributed by atoms with E-state index in [-0.39, 0.29) is 6.04 Å². The van der Waals surface area contributed by atoms with Gasteiger partial charge in [-0.15, -0.1) is 0 Å². The van der Waals surface area contributed by atoms with Crippen LogP contribution in [0, 0.1) is 0 Å². The zero-order valence-corrected chi connectivity index (χ0v) is 11.1. The van der Waals surface area contributed by atoms with Gasteiger partial charge in [0.15, 0.2) is 0 Å². The summed E-state index contributed by atoms with van der Waals surface area (Å²) in [5.41, 5.74) is 5.82. The number of likely N-dealkylation sites (tertiary alicyclic amines) is 1. The monoisotopic (exact) mass is 271 g/mol. The molecule has 104 valence electrons. The number of benzene rings is 1. The van der Waals surface area contributed by atoms with Crippen molar-refractivity contribution in [2.75, 3.05) is 12.0 Å². The van der Waals surface area contributed by atoms with Crippen molar-refractivity contribution in [2.24, 2.45) is 5.10 Å². The van der Waals surface area contributed by atoms with Crippen molar-refractivity contribution in [1.29, 1.82) is 0 Å². The Morgan fingerprint density at radius 3 is 3.00 bits per heavy atom. The van der Waals surface area contributed by atoms with Gasteiger partial charge in [0.1, 0.15) is 0 Å². The number of nitrogens with one attached hydrogen (secondary N) is 1. The molecule has 1 aromatic carbocycles. The number of fused-ring (bicyclic) bond motifs is 1. The van der Waals surface area contributed by atoms with Crippen LogP contribution in [0.25, 0.3) is 6.08 Å². The summed E-state index contributed by atoms with van der Waals surface area (Å²) < 4.78 is 0. The second-order valence-electron chi connectivity index (χ2n) is 5.06. The van der Waals surface area contributed by atoms with Crippen molar-refractivity contribution in [3.8, 4) is 0 Å². The van der Waals surface area contributed by atoms with E-state index in [4.69, 9.17) is 0 Å². The highest BCUT2D eigenvalue weighted by Crippen LogP contribution is 2.23. The quantitative estimate of drug-likeness (QED) is 0.825. The molecule has 5 nitrogen and oxygen atoms in total. The van der Waals surface area contributed by atoms with E-state index in [2.05, 4.69) is 10.5 Å². The Morgan fingerprint density at radius 1 is 1.30 bits per heavy atom. The van der Waals surface area contributed by atoms with E-state index < -0.39 is 6.09 Å². The number of hydrazone groups is 1. The van der Waals surface area contributed by atoms with Gasteiger partial charge in [0.25, 0.3) is 0 Å². The van der Waals surface area contributed by atoms with Crippen LogP contribution in [0.15, 0.2) is 35.4 Å². The first-order valence-electron chi connectivity index (χ1n) is 6.86. The normalized spacial score (nSPS) is 21.5. The predicted octanol–water partition coefficient (Wildman–Crippen LogP) is 3.01. The molecule has 1 fully saturated rings. The first-order chi connectivity index (χ1) is 9.75. The second-order valence-corrected chi connectivity index (χ2v) is 5.06. The third-order valence-corrected chi connectivity index (χ3v) is 3.79. The standard InChI is InChI=1S/C15H17N3O2/c19-15(20)18-10-4-3-7-14(18)13-9-8-11-5-1-2-6-12(11)16-17-13/h1-2,5-6,8-9,14,16H,3-4,7,10H2,(H,19,20). The van der Waals surface area contributed by atoms with Gasteiger partial charge in [-0.2, -0.15) is 5.10 Å². The van der Waals surface area contributed by atoms with Gasteiger partial charge in [-0.05, 0) is 37.0 Å². The summed E-state index contributed by atoms with van der Waals surface area (Å²) >= 11 is 0. The first kappa shape index (κ1) is 12.7. The number of anilines is 1. The summed E-state index contributed by atoms with van der Waals surface area (Å²) in [5, 5.41) is 13.7. The van der Waals surface area contributed by atoms with E-state index in [1.54, 1.807) is 0 Å². The molecule has 1 aromatic rings. The van der Waals surface area contributed by atoms with E-state index in [0.717, 1.165) is 36.2 Å². The molecule has 0 spiro atoms. The minimum Gasteiger partial charge on any atom is -0.465 e. The third-order valence-electron chi connectivity index (χ3n) is 3.79. The second kappa shape index (κ2) is 5.36. The predicted molar refractivity (Wildman–Crippen MR) is 78.9 cm³/mol. The Bertz CT molecular complexity index is 580. The maximum Gasteiger partial charge on any atom is 0.407 e. The van der Waals surface area contributed by atoms with Crippen molar-refractivity contribution in [3.05, 3.63) is 35.9 Å². The summed E-state index contributed by atoms with van der Waals surface area (Å²) in [7, 11) is 0. The fraction of sp³-hybridized carbons (Fsp3) is 0.333. The molecule has 1 unspecified atom stereocenters. The Kier molecular flexibility index (Phi) is 3.41. The average molecular weight is 271 g/mol. The third kappa shape index (κ3) is 2.39. The van der Waals surface area contributed by atoms with Gasteiger partial charge >= 0.3 is 6.09 Å². The van der Waals surface area contributed by atoms with Gasteiger partial charge < -0.3 is 5.11 Å². The fourth-order valence-corrected chi connectivity index (χ4v) is 2.73. The number of rotatable bonds is 1. The summed E-state index contributed by atoms with van der Waals surface area (Å²) in [6.45, 7) is 0.583. The Labute approximate surface area is 117 Å². The summed E-state index contributed by atoms with van der Waals surface area (Å²) in [4.78, 5) is 12.8. The number of nitrogens with zero attached hydrogens (tertiary/aromatic N) is 2. The van der Waals surface area contributed by atoms with Crippen molar-refractivity contribution in [2.45, 2.75) is 25.3 Å². The number of amides is 1. The van der Waals surface area contributed by atoms with E-state index in [9.17, 15) is 9.90 Å². The number of carbonyl (C=O) groups is 1. The van der Waals surface area contributed by atoms with Crippen molar-refractivity contribution < 1.29 is 9.90 Å². The lowest BCUT2D eigenvalue weighted by Crippen LogP contribution is -2.47. The number of piperidine rings is 1. The SMILES string of the molecule is O=C(O)N1CCCCC1C1=NNc2ccccc2C=C1. The molecule has 1 saturated heterocycles. The highest BCUT2D eigenvalue weighted by Gasteiger charge is 2.29. The molecule has 2 N–H and O–H groups in total. The molecule has 3 rings (SSSR count). The Balaban J connectivity index is 1.87. The van der Waals surface area contributed by atoms with Crippen LogP contribution in [-0.4, -0.2) is 34.4 Å². The molecule has 2 aliphatic rings. The molecule has 1 amide bonds. The van der Waals surface area contributed by atoms with Gasteiger partial charge in [-0.3, -0.25) is 10.3 Å². The minimum absolute atomic E-state index is 0.153. The molecule has 2 heterocycles. The van der Waals surface area contributed by atoms with Gasteiger partial charge in [0.2, 0.25) is 0 Å². The molecule has 2 aliphatic heterocycles. The molecule has 1 atom stereocenters. The number of carboxylic acid groups (broad SMARTS) is 1.